The second-order valence-corrected chi connectivity index (χ2v) is 4.95. The zero-order valence-corrected chi connectivity index (χ0v) is 11.8. The molecule has 1 aliphatic rings. The van der Waals surface area contributed by atoms with Crippen LogP contribution in [0.15, 0.2) is 16.5 Å². The maximum atomic E-state index is 12.3. The molecule has 2 heterocycles. The van der Waals surface area contributed by atoms with Crippen molar-refractivity contribution >= 4 is 5.91 Å². The molecule has 6 heteroatoms. The number of carbonyl (C=O) groups excluding carboxylic acids is 1. The first-order chi connectivity index (χ1) is 9.66. The van der Waals surface area contributed by atoms with Crippen LogP contribution in [0.1, 0.15) is 24.4 Å². The molecule has 1 fully saturated rings. The molecule has 1 aromatic heterocycles. The van der Waals surface area contributed by atoms with E-state index in [9.17, 15) is 4.79 Å². The van der Waals surface area contributed by atoms with Crippen molar-refractivity contribution in [1.29, 1.82) is 5.26 Å². The summed E-state index contributed by atoms with van der Waals surface area (Å²) < 4.78 is 10.7. The van der Waals surface area contributed by atoms with Gasteiger partial charge in [0.25, 0.3) is 0 Å². The molecule has 0 radical (unpaired) electrons. The van der Waals surface area contributed by atoms with E-state index in [1.165, 1.54) is 0 Å². The fraction of sp³-hybridized carbons (Fsp3) is 0.571. The number of furan rings is 1. The van der Waals surface area contributed by atoms with E-state index in [4.69, 9.17) is 14.4 Å². The molecule has 1 unspecified atom stereocenters. The smallest absolute Gasteiger partial charge is 0.242 e. The van der Waals surface area contributed by atoms with E-state index in [1.807, 2.05) is 6.07 Å². The van der Waals surface area contributed by atoms with E-state index >= 15 is 0 Å². The van der Waals surface area contributed by atoms with Crippen LogP contribution in [-0.2, 0) is 16.1 Å². The van der Waals surface area contributed by atoms with Gasteiger partial charge in [-0.1, -0.05) is 0 Å². The van der Waals surface area contributed by atoms with Crippen molar-refractivity contribution in [3.05, 3.63) is 23.7 Å². The van der Waals surface area contributed by atoms with Gasteiger partial charge in [-0.15, -0.1) is 0 Å². The Kier molecular flexibility index (Phi) is 4.42. The lowest BCUT2D eigenvalue weighted by atomic mass is 9.95. The van der Waals surface area contributed by atoms with E-state index < -0.39 is 5.54 Å². The summed E-state index contributed by atoms with van der Waals surface area (Å²) in [5, 5.41) is 11.5. The zero-order chi connectivity index (χ0) is 14.6. The molecule has 1 atom stereocenters. The summed E-state index contributed by atoms with van der Waals surface area (Å²) in [6, 6.07) is 5.38. The number of likely N-dealkylation sites (tertiary alicyclic amines) is 1. The molecule has 6 nitrogen and oxygen atoms in total. The molecule has 2 rings (SSSR count). The van der Waals surface area contributed by atoms with Crippen LogP contribution in [0.2, 0.25) is 0 Å². The Morgan fingerprint density at radius 3 is 3.05 bits per heavy atom. The minimum atomic E-state index is -0.650. The fourth-order valence-electron chi connectivity index (χ4n) is 2.83. The summed E-state index contributed by atoms with van der Waals surface area (Å²) in [7, 11) is 3.23. The molecule has 0 aromatic carbocycles. The Labute approximate surface area is 118 Å². The minimum absolute atomic E-state index is 0.0380. The average molecular weight is 277 g/mol. The molecule has 1 N–H and O–H groups in total. The van der Waals surface area contributed by atoms with E-state index in [1.54, 1.807) is 26.3 Å². The van der Waals surface area contributed by atoms with E-state index in [0.29, 0.717) is 18.9 Å². The van der Waals surface area contributed by atoms with Gasteiger partial charge in [0.15, 0.2) is 0 Å². The van der Waals surface area contributed by atoms with Crippen LogP contribution in [0.4, 0.5) is 0 Å². The highest BCUT2D eigenvalue weighted by atomic mass is 16.5. The highest BCUT2D eigenvalue weighted by Crippen LogP contribution is 2.32. The molecule has 0 spiro atoms. The predicted octanol–water partition coefficient (Wildman–Crippen LogP) is 0.878. The van der Waals surface area contributed by atoms with Gasteiger partial charge in [-0.05, 0) is 31.5 Å². The summed E-state index contributed by atoms with van der Waals surface area (Å²) in [4.78, 5) is 14.3. The number of carbonyl (C=O) groups is 1. The van der Waals surface area contributed by atoms with Crippen LogP contribution >= 0.6 is 0 Å². The molecule has 108 valence electrons. The highest BCUT2D eigenvalue weighted by molar-refractivity contribution is 5.86. The summed E-state index contributed by atoms with van der Waals surface area (Å²) in [5.74, 6) is 0.938. The molecule has 1 aromatic rings. The molecule has 1 amide bonds. The molecule has 1 aliphatic heterocycles. The molecular formula is C14H19N3O3. The number of rotatable bonds is 5. The van der Waals surface area contributed by atoms with Crippen molar-refractivity contribution in [3.8, 4) is 6.07 Å². The molecule has 0 aliphatic carbocycles. The Hall–Kier alpha value is -1.84. The van der Waals surface area contributed by atoms with Gasteiger partial charge < -0.3 is 14.5 Å². The van der Waals surface area contributed by atoms with E-state index in [2.05, 4.69) is 10.2 Å². The lowest BCUT2D eigenvalue weighted by Gasteiger charge is -2.35. The Morgan fingerprint density at radius 2 is 2.45 bits per heavy atom. The SMILES string of the molecule is CNC(=O)C1(COC)CCCN1Cc1ccc(C#N)o1. The first-order valence-electron chi connectivity index (χ1n) is 6.61. The maximum absolute atomic E-state index is 12.3. The van der Waals surface area contributed by atoms with E-state index in [0.717, 1.165) is 19.4 Å². The first-order valence-corrected chi connectivity index (χ1v) is 6.61. The Morgan fingerprint density at radius 1 is 1.65 bits per heavy atom. The van der Waals surface area contributed by atoms with Crippen molar-refractivity contribution in [3.63, 3.8) is 0 Å². The third kappa shape index (κ3) is 2.55. The third-order valence-corrected chi connectivity index (χ3v) is 3.78. The maximum Gasteiger partial charge on any atom is 0.242 e. The lowest BCUT2D eigenvalue weighted by molar-refractivity contribution is -0.135. The van der Waals surface area contributed by atoms with Gasteiger partial charge in [0, 0.05) is 14.2 Å². The average Bonchev–Trinajstić information content (AvgIpc) is 3.07. The van der Waals surface area contributed by atoms with Gasteiger partial charge in [0.2, 0.25) is 11.7 Å². The van der Waals surface area contributed by atoms with Gasteiger partial charge in [-0.2, -0.15) is 5.26 Å². The van der Waals surface area contributed by atoms with Gasteiger partial charge in [0.05, 0.1) is 13.2 Å². The van der Waals surface area contributed by atoms with Gasteiger partial charge in [0.1, 0.15) is 17.4 Å². The molecule has 1 saturated heterocycles. The van der Waals surface area contributed by atoms with Gasteiger partial charge >= 0.3 is 0 Å². The Balaban J connectivity index is 2.20. The van der Waals surface area contributed by atoms with Crippen LogP contribution in [0.25, 0.3) is 0 Å². The zero-order valence-electron chi connectivity index (χ0n) is 11.8. The quantitative estimate of drug-likeness (QED) is 0.864. The van der Waals surface area contributed by atoms with Crippen LogP contribution in [0, 0.1) is 11.3 Å². The number of hydrogen-bond acceptors (Lipinski definition) is 5. The first kappa shape index (κ1) is 14.6. The van der Waals surface area contributed by atoms with Crippen molar-refractivity contribution in [2.24, 2.45) is 0 Å². The second kappa shape index (κ2) is 6.07. The number of likely N-dealkylation sites (N-methyl/N-ethyl adjacent to an activating group) is 1. The van der Waals surface area contributed by atoms with Crippen molar-refractivity contribution < 1.29 is 13.9 Å². The number of amides is 1. The second-order valence-electron chi connectivity index (χ2n) is 4.95. The van der Waals surface area contributed by atoms with Gasteiger partial charge in [-0.3, -0.25) is 9.69 Å². The number of methoxy groups -OCH3 is 1. The molecule has 20 heavy (non-hydrogen) atoms. The summed E-state index contributed by atoms with van der Waals surface area (Å²) in [6.45, 7) is 1.65. The van der Waals surface area contributed by atoms with Crippen molar-refractivity contribution in [2.45, 2.75) is 24.9 Å². The van der Waals surface area contributed by atoms with Crippen LogP contribution < -0.4 is 5.32 Å². The van der Waals surface area contributed by atoms with Crippen LogP contribution in [-0.4, -0.2) is 43.7 Å². The molecule has 0 saturated carbocycles. The monoisotopic (exact) mass is 277 g/mol. The number of ether oxygens (including phenoxy) is 1. The number of hydrogen-bond donors (Lipinski definition) is 1. The Bertz CT molecular complexity index is 520. The summed E-state index contributed by atoms with van der Waals surface area (Å²) >= 11 is 0. The molecular weight excluding hydrogens is 258 g/mol. The largest absolute Gasteiger partial charge is 0.449 e. The predicted molar refractivity (Wildman–Crippen MR) is 71.7 cm³/mol. The van der Waals surface area contributed by atoms with Crippen molar-refractivity contribution in [2.75, 3.05) is 27.3 Å². The molecule has 0 bridgehead atoms. The van der Waals surface area contributed by atoms with Gasteiger partial charge in [-0.25, -0.2) is 0 Å². The third-order valence-electron chi connectivity index (χ3n) is 3.78. The fourth-order valence-corrected chi connectivity index (χ4v) is 2.83. The highest BCUT2D eigenvalue weighted by Gasteiger charge is 2.47. The normalized spacial score (nSPS) is 22.6. The van der Waals surface area contributed by atoms with Crippen LogP contribution in [0.5, 0.6) is 0 Å². The van der Waals surface area contributed by atoms with E-state index in [-0.39, 0.29) is 11.7 Å². The summed E-state index contributed by atoms with van der Waals surface area (Å²) in [5.41, 5.74) is -0.650. The number of nitrogens with one attached hydrogen (secondary N) is 1. The topological polar surface area (TPSA) is 78.5 Å². The standard InChI is InChI=1S/C14H19N3O3/c1-16-13(18)14(10-19-2)6-3-7-17(14)9-12-5-4-11(8-15)20-12/h4-5H,3,6-7,9-10H2,1-2H3,(H,16,18). The number of nitriles is 1. The minimum Gasteiger partial charge on any atom is -0.449 e. The van der Waals surface area contributed by atoms with Crippen molar-refractivity contribution in [1.82, 2.24) is 10.2 Å². The lowest BCUT2D eigenvalue weighted by Crippen LogP contribution is -2.57. The number of nitrogens with zero attached hydrogens (tertiary/aromatic N) is 2. The summed E-state index contributed by atoms with van der Waals surface area (Å²) in [6.07, 6.45) is 1.69. The van der Waals surface area contributed by atoms with Crippen LogP contribution in [0.3, 0.4) is 0 Å².